The maximum Gasteiger partial charge on any atom is 0.118 e. The lowest BCUT2D eigenvalue weighted by Gasteiger charge is -2.35. The summed E-state index contributed by atoms with van der Waals surface area (Å²) in [7, 11) is 1.70. The molecular weight excluding hydrogens is 449 g/mol. The second-order valence-electron chi connectivity index (χ2n) is 6.38. The van der Waals surface area contributed by atoms with Gasteiger partial charge in [-0.15, -0.1) is 24.8 Å². The van der Waals surface area contributed by atoms with Crippen LogP contribution in [0.1, 0.15) is 22.9 Å². The van der Waals surface area contributed by atoms with Crippen LogP contribution in [0.3, 0.4) is 0 Å². The Balaban J connectivity index is 0.00000131. The zero-order valence-electron chi connectivity index (χ0n) is 14.9. The van der Waals surface area contributed by atoms with Gasteiger partial charge in [0.25, 0.3) is 0 Å². The summed E-state index contributed by atoms with van der Waals surface area (Å²) in [6.45, 7) is 2.80. The zero-order chi connectivity index (χ0) is 17.2. The first-order valence-electron chi connectivity index (χ1n) is 8.34. The van der Waals surface area contributed by atoms with Gasteiger partial charge in [0.15, 0.2) is 0 Å². The number of methoxy groups -OCH3 is 1. The molecule has 0 fully saturated rings. The lowest BCUT2D eigenvalue weighted by atomic mass is 10.0. The highest BCUT2D eigenvalue weighted by molar-refractivity contribution is 9.10. The summed E-state index contributed by atoms with van der Waals surface area (Å²) in [4.78, 5) is 6.85. The van der Waals surface area contributed by atoms with Crippen molar-refractivity contribution in [3.05, 3.63) is 82.3 Å². The number of fused-ring (bicyclic) bond motifs is 1. The van der Waals surface area contributed by atoms with E-state index in [0.717, 1.165) is 29.9 Å². The molecular formula is C20H22BrCl2N3O. The summed E-state index contributed by atoms with van der Waals surface area (Å²) in [5.74, 6) is 0.896. The quantitative estimate of drug-likeness (QED) is 0.531. The van der Waals surface area contributed by atoms with Crippen LogP contribution in [0.25, 0.3) is 0 Å². The molecule has 27 heavy (non-hydrogen) atoms. The van der Waals surface area contributed by atoms with Crippen LogP contribution in [0.2, 0.25) is 0 Å². The van der Waals surface area contributed by atoms with E-state index in [1.165, 1.54) is 16.8 Å². The Hall–Kier alpha value is -1.53. The Kier molecular flexibility index (Phi) is 7.74. The Bertz CT molecular complexity index is 852. The van der Waals surface area contributed by atoms with Crippen LogP contribution in [-0.2, 0) is 13.1 Å². The number of ether oxygens (including phenoxy) is 1. The normalized spacial score (nSPS) is 16.0. The third kappa shape index (κ3) is 4.85. The van der Waals surface area contributed by atoms with Crippen molar-refractivity contribution < 1.29 is 4.74 Å². The van der Waals surface area contributed by atoms with Gasteiger partial charge in [0.2, 0.25) is 0 Å². The number of nitrogens with zero attached hydrogens (tertiary/aromatic N) is 3. The molecule has 0 N–H and O–H groups in total. The summed E-state index contributed by atoms with van der Waals surface area (Å²) < 4.78 is 8.65. The Morgan fingerprint density at radius 2 is 1.78 bits per heavy atom. The van der Waals surface area contributed by atoms with Gasteiger partial charge in [-0.1, -0.05) is 40.2 Å². The highest BCUT2D eigenvalue weighted by Crippen LogP contribution is 2.29. The smallest absolute Gasteiger partial charge is 0.118 e. The summed E-state index contributed by atoms with van der Waals surface area (Å²) in [6, 6.07) is 17.2. The summed E-state index contributed by atoms with van der Waals surface area (Å²) >= 11 is 3.52. The molecule has 0 aliphatic carbocycles. The van der Waals surface area contributed by atoms with Gasteiger partial charge in [-0.3, -0.25) is 4.90 Å². The number of halogens is 3. The molecule has 7 heteroatoms. The zero-order valence-corrected chi connectivity index (χ0v) is 18.1. The molecule has 0 amide bonds. The van der Waals surface area contributed by atoms with Crippen LogP contribution in [0.5, 0.6) is 5.75 Å². The van der Waals surface area contributed by atoms with Gasteiger partial charge in [0.1, 0.15) is 5.75 Å². The fraction of sp³-hybridized carbons (Fsp3) is 0.250. The van der Waals surface area contributed by atoms with Crippen molar-refractivity contribution >= 4 is 40.7 Å². The van der Waals surface area contributed by atoms with E-state index in [-0.39, 0.29) is 30.9 Å². The number of imidazole rings is 1. The largest absolute Gasteiger partial charge is 0.497 e. The second-order valence-corrected chi connectivity index (χ2v) is 7.29. The summed E-state index contributed by atoms with van der Waals surface area (Å²) in [5, 5.41) is 0. The second kappa shape index (κ2) is 9.60. The highest BCUT2D eigenvalue weighted by Gasteiger charge is 2.26. The third-order valence-corrected chi connectivity index (χ3v) is 5.25. The molecule has 1 aliphatic rings. The fourth-order valence-electron chi connectivity index (χ4n) is 3.42. The van der Waals surface area contributed by atoms with Crippen molar-refractivity contribution in [2.75, 3.05) is 13.7 Å². The lowest BCUT2D eigenvalue weighted by Crippen LogP contribution is -2.36. The lowest BCUT2D eigenvalue weighted by molar-refractivity contribution is 0.192. The molecule has 1 unspecified atom stereocenters. The predicted molar refractivity (Wildman–Crippen MR) is 116 cm³/mol. The fourth-order valence-corrected chi connectivity index (χ4v) is 3.69. The molecule has 0 radical (unpaired) electrons. The Morgan fingerprint density at radius 3 is 2.44 bits per heavy atom. The number of rotatable bonds is 4. The van der Waals surface area contributed by atoms with E-state index in [1.807, 2.05) is 24.7 Å². The van der Waals surface area contributed by atoms with E-state index in [1.54, 1.807) is 7.11 Å². The number of hydrogen-bond donors (Lipinski definition) is 0. The maximum absolute atomic E-state index is 5.25. The molecule has 2 aromatic carbocycles. The Labute approximate surface area is 180 Å². The standard InChI is InChI=1S/C20H20BrN3O.2ClH/c1-25-19-8-2-15(3-9-19)11-23-12-18-10-22-14-24(18)20(13-23)16-4-6-17(21)7-5-16;;/h2-10,14,20H,11-13H2,1H3;2*1H. The van der Waals surface area contributed by atoms with Gasteiger partial charge >= 0.3 is 0 Å². The van der Waals surface area contributed by atoms with E-state index in [4.69, 9.17) is 4.74 Å². The SMILES string of the molecule is COc1ccc(CN2Cc3cncn3C(c3ccc(Br)cc3)C2)cc1.Cl.Cl. The van der Waals surface area contributed by atoms with E-state index in [0.29, 0.717) is 0 Å². The Morgan fingerprint density at radius 1 is 1.07 bits per heavy atom. The van der Waals surface area contributed by atoms with Crippen LogP contribution in [0.15, 0.2) is 65.5 Å². The minimum atomic E-state index is 0. The van der Waals surface area contributed by atoms with Crippen LogP contribution in [0, 0.1) is 0 Å². The molecule has 3 aromatic rings. The first-order valence-corrected chi connectivity index (χ1v) is 9.13. The molecule has 1 atom stereocenters. The van der Waals surface area contributed by atoms with Gasteiger partial charge < -0.3 is 9.30 Å². The van der Waals surface area contributed by atoms with Crippen molar-refractivity contribution in [3.63, 3.8) is 0 Å². The van der Waals surface area contributed by atoms with Gasteiger partial charge in [0.05, 0.1) is 25.2 Å². The topological polar surface area (TPSA) is 30.3 Å². The van der Waals surface area contributed by atoms with Crippen molar-refractivity contribution in [1.29, 1.82) is 0 Å². The minimum absolute atomic E-state index is 0. The molecule has 144 valence electrons. The van der Waals surface area contributed by atoms with E-state index >= 15 is 0 Å². The van der Waals surface area contributed by atoms with E-state index in [2.05, 4.69) is 66.8 Å². The van der Waals surface area contributed by atoms with Gasteiger partial charge in [0, 0.05) is 30.3 Å². The van der Waals surface area contributed by atoms with E-state index in [9.17, 15) is 0 Å². The average molecular weight is 471 g/mol. The maximum atomic E-state index is 5.25. The monoisotopic (exact) mass is 469 g/mol. The molecule has 0 saturated heterocycles. The molecule has 4 rings (SSSR count). The van der Waals surface area contributed by atoms with Crippen LogP contribution in [-0.4, -0.2) is 28.1 Å². The molecule has 0 bridgehead atoms. The number of aromatic nitrogens is 2. The molecule has 0 spiro atoms. The highest BCUT2D eigenvalue weighted by atomic mass is 79.9. The number of benzene rings is 2. The first kappa shape index (κ1) is 21.8. The predicted octanol–water partition coefficient (Wildman–Crippen LogP) is 5.10. The molecule has 0 saturated carbocycles. The molecule has 1 aliphatic heterocycles. The minimum Gasteiger partial charge on any atom is -0.497 e. The van der Waals surface area contributed by atoms with Crippen molar-refractivity contribution in [1.82, 2.24) is 14.5 Å². The van der Waals surface area contributed by atoms with Crippen molar-refractivity contribution in [2.24, 2.45) is 0 Å². The molecule has 1 aromatic heterocycles. The van der Waals surface area contributed by atoms with Crippen molar-refractivity contribution in [2.45, 2.75) is 19.1 Å². The van der Waals surface area contributed by atoms with E-state index < -0.39 is 0 Å². The van der Waals surface area contributed by atoms with Crippen molar-refractivity contribution in [3.8, 4) is 5.75 Å². The van der Waals surface area contributed by atoms with Crippen LogP contribution >= 0.6 is 40.7 Å². The first-order chi connectivity index (χ1) is 12.2. The average Bonchev–Trinajstić information content (AvgIpc) is 3.11. The van der Waals surface area contributed by atoms with Gasteiger partial charge in [-0.2, -0.15) is 0 Å². The third-order valence-electron chi connectivity index (χ3n) is 4.72. The molecule has 2 heterocycles. The summed E-state index contributed by atoms with van der Waals surface area (Å²) in [5.41, 5.74) is 3.86. The van der Waals surface area contributed by atoms with Gasteiger partial charge in [-0.25, -0.2) is 4.98 Å². The molecule has 4 nitrogen and oxygen atoms in total. The van der Waals surface area contributed by atoms with Gasteiger partial charge in [-0.05, 0) is 35.4 Å². The summed E-state index contributed by atoms with van der Waals surface area (Å²) in [6.07, 6.45) is 3.93. The van der Waals surface area contributed by atoms with Crippen LogP contribution in [0.4, 0.5) is 0 Å². The number of hydrogen-bond acceptors (Lipinski definition) is 3. The van der Waals surface area contributed by atoms with Crippen LogP contribution < -0.4 is 4.74 Å².